The number of aromatic nitrogens is 2. The maximum Gasteiger partial charge on any atom is 0.333 e. The number of thioether (sulfide) groups is 1. The van der Waals surface area contributed by atoms with Crippen LogP contribution in [0.5, 0.6) is 11.6 Å². The quantitative estimate of drug-likeness (QED) is 0.395. The first-order chi connectivity index (χ1) is 16.2. The first-order valence-corrected chi connectivity index (χ1v) is 11.5. The van der Waals surface area contributed by atoms with E-state index in [9.17, 15) is 19.5 Å². The molecule has 0 radical (unpaired) electrons. The highest BCUT2D eigenvalue weighted by molar-refractivity contribution is 8.15. The standard InChI is InChI=1S/C24H26N4O5S/c1-5-33-18-11-9-16(10-12-18)26-21(20-22(30)27(3)24(32)28(4)23(20)31)34-14-19(29)25-17-8-6-7-15(2)13-17/h6-13,30H,5,14H2,1-4H3,(H,25,29). The van der Waals surface area contributed by atoms with E-state index in [1.807, 2.05) is 32.0 Å². The van der Waals surface area contributed by atoms with Crippen LogP contribution in [-0.4, -0.2) is 37.6 Å². The van der Waals surface area contributed by atoms with Crippen molar-refractivity contribution in [2.24, 2.45) is 19.1 Å². The van der Waals surface area contributed by atoms with Crippen molar-refractivity contribution in [3.8, 4) is 11.6 Å². The van der Waals surface area contributed by atoms with Crippen LogP contribution in [0.15, 0.2) is 63.1 Å². The zero-order valence-electron chi connectivity index (χ0n) is 19.4. The van der Waals surface area contributed by atoms with Gasteiger partial charge in [0.25, 0.3) is 5.56 Å². The molecule has 3 rings (SSSR count). The lowest BCUT2D eigenvalue weighted by atomic mass is 10.2. The van der Waals surface area contributed by atoms with Gasteiger partial charge < -0.3 is 15.2 Å². The second kappa shape index (κ2) is 10.9. The Bertz CT molecular complexity index is 1340. The van der Waals surface area contributed by atoms with Gasteiger partial charge in [-0.3, -0.25) is 18.7 Å². The predicted octanol–water partition coefficient (Wildman–Crippen LogP) is 2.95. The summed E-state index contributed by atoms with van der Waals surface area (Å²) in [5.74, 6) is -0.246. The number of aromatic hydroxyl groups is 1. The van der Waals surface area contributed by atoms with Gasteiger partial charge in [0.05, 0.1) is 18.0 Å². The number of nitrogens with zero attached hydrogens (tertiary/aromatic N) is 3. The van der Waals surface area contributed by atoms with Gasteiger partial charge in [0.2, 0.25) is 11.8 Å². The highest BCUT2D eigenvalue weighted by Gasteiger charge is 2.22. The Labute approximate surface area is 200 Å². The Morgan fingerprint density at radius 2 is 1.82 bits per heavy atom. The SMILES string of the molecule is CCOc1ccc(N=C(SCC(=O)Nc2cccc(C)c2)c2c(O)n(C)c(=O)n(C)c2=O)cc1. The zero-order chi connectivity index (χ0) is 24.8. The van der Waals surface area contributed by atoms with Crippen molar-refractivity contribution in [2.75, 3.05) is 17.7 Å². The number of anilines is 1. The molecule has 34 heavy (non-hydrogen) atoms. The summed E-state index contributed by atoms with van der Waals surface area (Å²) in [5.41, 5.74) is 0.594. The average Bonchev–Trinajstić information content (AvgIpc) is 2.81. The molecule has 0 spiro atoms. The van der Waals surface area contributed by atoms with Crippen molar-refractivity contribution >= 4 is 34.1 Å². The number of nitrogens with one attached hydrogen (secondary N) is 1. The molecule has 0 aliphatic heterocycles. The number of hydrogen-bond donors (Lipinski definition) is 2. The third-order valence-corrected chi connectivity index (χ3v) is 5.84. The van der Waals surface area contributed by atoms with Gasteiger partial charge in [0.15, 0.2) is 0 Å². The van der Waals surface area contributed by atoms with E-state index in [4.69, 9.17) is 4.74 Å². The summed E-state index contributed by atoms with van der Waals surface area (Å²) in [4.78, 5) is 42.2. The van der Waals surface area contributed by atoms with Gasteiger partial charge in [-0.2, -0.15) is 0 Å². The van der Waals surface area contributed by atoms with Gasteiger partial charge in [0, 0.05) is 19.8 Å². The number of benzene rings is 2. The number of hydrogen-bond acceptors (Lipinski definition) is 7. The number of carbonyl (C=O) groups is 1. The number of aliphatic imine (C=N–C) groups is 1. The van der Waals surface area contributed by atoms with Crippen molar-refractivity contribution in [3.63, 3.8) is 0 Å². The van der Waals surface area contributed by atoms with Gasteiger partial charge in [0.1, 0.15) is 16.4 Å². The smallest absolute Gasteiger partial charge is 0.333 e. The number of carbonyl (C=O) groups excluding carboxylic acids is 1. The van der Waals surface area contributed by atoms with E-state index in [1.54, 1.807) is 30.3 Å². The molecule has 178 valence electrons. The van der Waals surface area contributed by atoms with Crippen molar-refractivity contribution in [2.45, 2.75) is 13.8 Å². The second-order valence-corrected chi connectivity index (χ2v) is 8.42. The molecule has 0 saturated carbocycles. The fourth-order valence-electron chi connectivity index (χ4n) is 3.14. The lowest BCUT2D eigenvalue weighted by Crippen LogP contribution is -2.39. The number of aryl methyl sites for hydroxylation is 1. The molecule has 2 N–H and O–H groups in total. The van der Waals surface area contributed by atoms with Gasteiger partial charge in [-0.05, 0) is 55.8 Å². The maximum absolute atomic E-state index is 12.9. The van der Waals surface area contributed by atoms with Crippen molar-refractivity contribution in [3.05, 3.63) is 80.5 Å². The molecule has 0 fully saturated rings. The Morgan fingerprint density at radius 1 is 1.12 bits per heavy atom. The summed E-state index contributed by atoms with van der Waals surface area (Å²) < 4.78 is 7.28. The Morgan fingerprint density at radius 3 is 2.47 bits per heavy atom. The molecule has 1 heterocycles. The molecule has 1 aromatic heterocycles. The maximum atomic E-state index is 12.9. The first-order valence-electron chi connectivity index (χ1n) is 10.5. The van der Waals surface area contributed by atoms with E-state index in [-0.39, 0.29) is 22.3 Å². The summed E-state index contributed by atoms with van der Waals surface area (Å²) in [6.07, 6.45) is 0. The van der Waals surface area contributed by atoms with E-state index in [0.717, 1.165) is 26.5 Å². The number of rotatable bonds is 7. The molecule has 0 aliphatic carbocycles. The van der Waals surface area contributed by atoms with Crippen LogP contribution in [0.1, 0.15) is 18.1 Å². The van der Waals surface area contributed by atoms with E-state index in [0.29, 0.717) is 23.7 Å². The van der Waals surface area contributed by atoms with Gasteiger partial charge in [-0.1, -0.05) is 23.9 Å². The first kappa shape index (κ1) is 24.8. The normalized spacial score (nSPS) is 11.4. The Balaban J connectivity index is 1.97. The molecular weight excluding hydrogens is 456 g/mol. The van der Waals surface area contributed by atoms with Gasteiger partial charge >= 0.3 is 5.69 Å². The molecule has 10 heteroatoms. The highest BCUT2D eigenvalue weighted by Crippen LogP contribution is 2.25. The van der Waals surface area contributed by atoms with Crippen LogP contribution in [0.25, 0.3) is 0 Å². The topological polar surface area (TPSA) is 115 Å². The van der Waals surface area contributed by atoms with Crippen molar-refractivity contribution in [1.29, 1.82) is 0 Å². The summed E-state index contributed by atoms with van der Waals surface area (Å²) in [7, 11) is 2.67. The van der Waals surface area contributed by atoms with E-state index >= 15 is 0 Å². The summed E-state index contributed by atoms with van der Waals surface area (Å²) in [6.45, 7) is 4.31. The summed E-state index contributed by atoms with van der Waals surface area (Å²) in [6, 6.07) is 14.2. The molecule has 3 aromatic rings. The number of amides is 1. The average molecular weight is 483 g/mol. The molecule has 0 atom stereocenters. The summed E-state index contributed by atoms with van der Waals surface area (Å²) >= 11 is 0.985. The zero-order valence-corrected chi connectivity index (χ0v) is 20.2. The minimum Gasteiger partial charge on any atom is -0.494 e. The van der Waals surface area contributed by atoms with E-state index in [1.165, 1.54) is 14.1 Å². The fourth-order valence-corrected chi connectivity index (χ4v) is 3.97. The Kier molecular flexibility index (Phi) is 7.95. The molecule has 1 amide bonds. The van der Waals surface area contributed by atoms with Crippen LogP contribution in [-0.2, 0) is 18.9 Å². The van der Waals surface area contributed by atoms with Crippen LogP contribution < -0.4 is 21.3 Å². The molecular formula is C24H26N4O5S. The molecule has 0 unspecified atom stereocenters. The summed E-state index contributed by atoms with van der Waals surface area (Å²) in [5, 5.41) is 13.5. The Hall–Kier alpha value is -3.79. The second-order valence-electron chi connectivity index (χ2n) is 7.45. The third kappa shape index (κ3) is 5.76. The van der Waals surface area contributed by atoms with Crippen LogP contribution in [0.4, 0.5) is 11.4 Å². The predicted molar refractivity (Wildman–Crippen MR) is 135 cm³/mol. The van der Waals surface area contributed by atoms with E-state index in [2.05, 4.69) is 10.3 Å². The molecule has 2 aromatic carbocycles. The monoisotopic (exact) mass is 482 g/mol. The van der Waals surface area contributed by atoms with Crippen LogP contribution in [0.3, 0.4) is 0 Å². The minimum atomic E-state index is -0.711. The molecule has 0 saturated heterocycles. The van der Waals surface area contributed by atoms with Crippen molar-refractivity contribution in [1.82, 2.24) is 9.13 Å². The lowest BCUT2D eigenvalue weighted by Gasteiger charge is -2.13. The number of ether oxygens (including phenoxy) is 1. The van der Waals surface area contributed by atoms with Crippen molar-refractivity contribution < 1.29 is 14.6 Å². The highest BCUT2D eigenvalue weighted by atomic mass is 32.2. The third-order valence-electron chi connectivity index (χ3n) is 4.87. The fraction of sp³-hybridized carbons (Fsp3) is 0.250. The largest absolute Gasteiger partial charge is 0.494 e. The van der Waals surface area contributed by atoms with Crippen LogP contribution >= 0.6 is 11.8 Å². The lowest BCUT2D eigenvalue weighted by molar-refractivity contribution is -0.113. The minimum absolute atomic E-state index is 0.0742. The van der Waals surface area contributed by atoms with Crippen LogP contribution in [0, 0.1) is 6.92 Å². The molecule has 0 bridgehead atoms. The molecule has 0 aliphatic rings. The van der Waals surface area contributed by atoms with E-state index < -0.39 is 17.1 Å². The van der Waals surface area contributed by atoms with Gasteiger partial charge in [-0.25, -0.2) is 9.79 Å². The van der Waals surface area contributed by atoms with Gasteiger partial charge in [-0.15, -0.1) is 0 Å². The molecule has 9 nitrogen and oxygen atoms in total. The van der Waals surface area contributed by atoms with Crippen LogP contribution in [0.2, 0.25) is 0 Å².